The van der Waals surface area contributed by atoms with E-state index < -0.39 is 10.1 Å². The molecule has 7 nitrogen and oxygen atoms in total. The number of hydrogen-bond donors (Lipinski definition) is 2. The number of nitrogens with zero attached hydrogens (tertiary/aromatic N) is 1. The van der Waals surface area contributed by atoms with E-state index in [0.717, 1.165) is 5.52 Å². The quantitative estimate of drug-likeness (QED) is 0.320. The predicted octanol–water partition coefficient (Wildman–Crippen LogP) is 3.24. The van der Waals surface area contributed by atoms with Crippen molar-refractivity contribution >= 4 is 53.7 Å². The molecule has 2 heterocycles. The molecule has 0 unspecified atom stereocenters. The van der Waals surface area contributed by atoms with Gasteiger partial charge in [0, 0.05) is 28.6 Å². The molecule has 0 atom stereocenters. The summed E-state index contributed by atoms with van der Waals surface area (Å²) in [6.07, 6.45) is 0. The average molecular weight is 420 g/mol. The van der Waals surface area contributed by atoms with Gasteiger partial charge in [0.15, 0.2) is 10.9 Å². The van der Waals surface area contributed by atoms with E-state index in [0.29, 0.717) is 38.1 Å². The minimum Gasteiger partial charge on any atom is -0.354 e. The summed E-state index contributed by atoms with van der Waals surface area (Å²) < 4.78 is 34.6. The van der Waals surface area contributed by atoms with Gasteiger partial charge in [-0.3, -0.25) is 14.1 Å². The molecule has 0 spiro atoms. The van der Waals surface area contributed by atoms with E-state index in [1.807, 2.05) is 23.7 Å². The van der Waals surface area contributed by atoms with Crippen LogP contribution < -0.4 is 10.9 Å². The van der Waals surface area contributed by atoms with Gasteiger partial charge in [0.25, 0.3) is 10.1 Å². The summed E-state index contributed by atoms with van der Waals surface area (Å²) in [5.74, 6) is 0. The number of aromatic nitrogens is 2. The van der Waals surface area contributed by atoms with Crippen LogP contribution in [0.25, 0.3) is 43.6 Å². The van der Waals surface area contributed by atoms with Crippen molar-refractivity contribution in [1.29, 1.82) is 0 Å². The van der Waals surface area contributed by atoms with Crippen molar-refractivity contribution in [3.8, 4) is 0 Å². The van der Waals surface area contributed by atoms with E-state index in [-0.39, 0.29) is 21.3 Å². The van der Waals surface area contributed by atoms with Gasteiger partial charge in [-0.1, -0.05) is 12.1 Å². The molecule has 0 bridgehead atoms. The monoisotopic (exact) mass is 420 g/mol. The summed E-state index contributed by atoms with van der Waals surface area (Å²) in [6.45, 7) is 1.51. The number of aromatic amines is 1. The van der Waals surface area contributed by atoms with Crippen LogP contribution in [0.1, 0.15) is 5.56 Å². The fourth-order valence-corrected chi connectivity index (χ4v) is 4.90. The number of nitrogens with one attached hydrogen (secondary N) is 1. The van der Waals surface area contributed by atoms with Crippen molar-refractivity contribution in [3.63, 3.8) is 0 Å². The van der Waals surface area contributed by atoms with Gasteiger partial charge in [-0.15, -0.1) is 0 Å². The molecule has 5 aromatic rings. The minimum absolute atomic E-state index is 0.148. The zero-order valence-electron chi connectivity index (χ0n) is 16.1. The number of aryl methyl sites for hydroxylation is 2. The standard InChI is InChI=1S/C22H16N2O5S/c1-11-19(30(27,28)29)8-7-13-20(11)23-16-9-15-18(10-14(16)22(13)26)24(2)17-6-4-3-5-12(17)21(15)25/h3-10H,1-2H3,(H,23,26)(H,27,28,29). The third-order valence-electron chi connectivity index (χ3n) is 5.69. The van der Waals surface area contributed by atoms with Crippen LogP contribution in [0.15, 0.2) is 63.0 Å². The number of pyridine rings is 2. The Morgan fingerprint density at radius 1 is 0.867 bits per heavy atom. The third-order valence-corrected chi connectivity index (χ3v) is 6.69. The van der Waals surface area contributed by atoms with Crippen molar-refractivity contribution in [2.24, 2.45) is 7.05 Å². The highest BCUT2D eigenvalue weighted by Gasteiger charge is 2.18. The average Bonchev–Trinajstić information content (AvgIpc) is 2.71. The van der Waals surface area contributed by atoms with E-state index in [9.17, 15) is 22.6 Å². The van der Waals surface area contributed by atoms with Gasteiger partial charge in [-0.25, -0.2) is 0 Å². The van der Waals surface area contributed by atoms with E-state index >= 15 is 0 Å². The Labute approximate surface area is 169 Å². The highest BCUT2D eigenvalue weighted by molar-refractivity contribution is 7.85. The zero-order chi connectivity index (χ0) is 21.4. The topological polar surface area (TPSA) is 109 Å². The normalized spacial score (nSPS) is 12.4. The summed E-state index contributed by atoms with van der Waals surface area (Å²) in [7, 11) is -2.60. The van der Waals surface area contributed by atoms with Crippen LogP contribution in [0, 0.1) is 6.92 Å². The molecule has 2 aromatic heterocycles. The van der Waals surface area contributed by atoms with Gasteiger partial charge in [-0.2, -0.15) is 8.42 Å². The molecule has 0 saturated heterocycles. The Hall–Kier alpha value is -3.49. The molecule has 0 aliphatic carbocycles. The van der Waals surface area contributed by atoms with Crippen molar-refractivity contribution in [3.05, 3.63) is 74.5 Å². The Morgan fingerprint density at radius 3 is 2.30 bits per heavy atom. The van der Waals surface area contributed by atoms with Crippen LogP contribution in [-0.2, 0) is 17.2 Å². The van der Waals surface area contributed by atoms with Crippen molar-refractivity contribution < 1.29 is 13.0 Å². The fraction of sp³-hybridized carbons (Fsp3) is 0.0909. The first-order chi connectivity index (χ1) is 14.2. The smallest absolute Gasteiger partial charge is 0.294 e. The molecule has 0 aliphatic heterocycles. The Kier molecular flexibility index (Phi) is 3.71. The molecular weight excluding hydrogens is 404 g/mol. The Bertz CT molecular complexity index is 1780. The van der Waals surface area contributed by atoms with Crippen LogP contribution in [-0.4, -0.2) is 22.5 Å². The Balaban J connectivity index is 2.01. The molecule has 0 radical (unpaired) electrons. The second-order valence-corrected chi connectivity index (χ2v) is 8.75. The number of rotatable bonds is 1. The van der Waals surface area contributed by atoms with E-state index in [1.165, 1.54) is 19.1 Å². The predicted molar refractivity (Wildman–Crippen MR) is 117 cm³/mol. The molecule has 0 aliphatic rings. The first-order valence-corrected chi connectivity index (χ1v) is 10.6. The molecule has 0 fully saturated rings. The Morgan fingerprint density at radius 2 is 1.57 bits per heavy atom. The summed E-state index contributed by atoms with van der Waals surface area (Å²) in [4.78, 5) is 29.1. The molecule has 150 valence electrons. The zero-order valence-corrected chi connectivity index (χ0v) is 16.9. The maximum Gasteiger partial charge on any atom is 0.294 e. The molecule has 5 rings (SSSR count). The molecular formula is C22H16N2O5S. The van der Waals surface area contributed by atoms with Crippen LogP contribution in [0.5, 0.6) is 0 Å². The third kappa shape index (κ3) is 2.44. The lowest BCUT2D eigenvalue weighted by Crippen LogP contribution is -2.12. The van der Waals surface area contributed by atoms with Crippen LogP contribution in [0.4, 0.5) is 0 Å². The molecule has 3 aromatic carbocycles. The second-order valence-electron chi connectivity index (χ2n) is 7.36. The van der Waals surface area contributed by atoms with Crippen molar-refractivity contribution in [1.82, 2.24) is 9.55 Å². The van der Waals surface area contributed by atoms with Gasteiger partial charge >= 0.3 is 0 Å². The molecule has 2 N–H and O–H groups in total. The van der Waals surface area contributed by atoms with Crippen LogP contribution in [0.2, 0.25) is 0 Å². The lowest BCUT2D eigenvalue weighted by Gasteiger charge is -2.13. The summed E-state index contributed by atoms with van der Waals surface area (Å²) in [5.41, 5.74) is 1.92. The number of fused-ring (bicyclic) bond motifs is 4. The molecule has 0 amide bonds. The number of hydrogen-bond acceptors (Lipinski definition) is 4. The minimum atomic E-state index is -4.44. The molecule has 0 saturated carbocycles. The van der Waals surface area contributed by atoms with E-state index in [2.05, 4.69) is 4.98 Å². The van der Waals surface area contributed by atoms with Crippen molar-refractivity contribution in [2.75, 3.05) is 0 Å². The first kappa shape index (κ1) is 18.5. The highest BCUT2D eigenvalue weighted by Crippen LogP contribution is 2.26. The maximum absolute atomic E-state index is 13.2. The largest absolute Gasteiger partial charge is 0.354 e. The summed E-state index contributed by atoms with van der Waals surface area (Å²) >= 11 is 0. The van der Waals surface area contributed by atoms with Gasteiger partial charge in [-0.05, 0) is 48.9 Å². The van der Waals surface area contributed by atoms with Gasteiger partial charge < -0.3 is 9.55 Å². The number of benzene rings is 3. The van der Waals surface area contributed by atoms with Crippen LogP contribution in [0.3, 0.4) is 0 Å². The lowest BCUT2D eigenvalue weighted by atomic mass is 10.0. The number of para-hydroxylation sites is 1. The van der Waals surface area contributed by atoms with E-state index in [4.69, 9.17) is 0 Å². The molecule has 8 heteroatoms. The van der Waals surface area contributed by atoms with Gasteiger partial charge in [0.1, 0.15) is 0 Å². The highest BCUT2D eigenvalue weighted by atomic mass is 32.2. The molecule has 30 heavy (non-hydrogen) atoms. The van der Waals surface area contributed by atoms with E-state index in [1.54, 1.807) is 24.3 Å². The van der Waals surface area contributed by atoms with Gasteiger partial charge in [0.2, 0.25) is 0 Å². The second kappa shape index (κ2) is 6.01. The summed E-state index contributed by atoms with van der Waals surface area (Å²) in [6, 6.07) is 13.2. The van der Waals surface area contributed by atoms with Gasteiger partial charge in [0.05, 0.1) is 27.0 Å². The SMILES string of the molecule is Cc1c(S(=O)(=O)O)ccc2c(=O)c3cc4c(cc3[nH]c12)c(=O)c1ccccc1n4C. The first-order valence-electron chi connectivity index (χ1n) is 9.17. The fourth-order valence-electron chi connectivity index (χ4n) is 4.17. The van der Waals surface area contributed by atoms with Crippen LogP contribution >= 0.6 is 0 Å². The van der Waals surface area contributed by atoms with Crippen molar-refractivity contribution in [2.45, 2.75) is 11.8 Å². The summed E-state index contributed by atoms with van der Waals surface area (Å²) in [5, 5.41) is 1.71. The number of H-pyrrole nitrogens is 1. The maximum atomic E-state index is 13.2. The lowest BCUT2D eigenvalue weighted by molar-refractivity contribution is 0.482.